The van der Waals surface area contributed by atoms with E-state index < -0.39 is 0 Å². The minimum absolute atomic E-state index is 0.135. The molecule has 8 heteroatoms. The summed E-state index contributed by atoms with van der Waals surface area (Å²) in [5.74, 6) is 0.596. The molecule has 2 heterocycles. The Hall–Kier alpha value is -1.45. The maximum atomic E-state index is 12.0. The Morgan fingerprint density at radius 2 is 2.11 bits per heavy atom. The Bertz CT molecular complexity index is 650. The van der Waals surface area contributed by atoms with Gasteiger partial charge in [0, 0.05) is 19.8 Å². The van der Waals surface area contributed by atoms with E-state index in [1.165, 1.54) is 17.1 Å². The molecule has 0 aliphatic carbocycles. The first-order chi connectivity index (χ1) is 8.54. The summed E-state index contributed by atoms with van der Waals surface area (Å²) in [5, 5.41) is 4.01. The Labute approximate surface area is 116 Å². The number of nitrogens with zero attached hydrogens (tertiary/aromatic N) is 5. The number of hydrogen-bond acceptors (Lipinski definition) is 4. The topological polar surface area (TPSA) is 74.7 Å². The molecule has 0 radical (unpaired) electrons. The molecule has 96 valence electrons. The molecule has 2 aromatic heterocycles. The molecular weight excluding hydrogens is 349 g/mol. The zero-order chi connectivity index (χ0) is 13.3. The highest BCUT2D eigenvalue weighted by atomic mass is 127. The van der Waals surface area contributed by atoms with Crippen LogP contribution in [0, 0.1) is 3.57 Å². The molecule has 0 saturated carbocycles. The third-order valence-electron chi connectivity index (χ3n) is 2.58. The van der Waals surface area contributed by atoms with Crippen LogP contribution >= 0.6 is 22.6 Å². The molecule has 0 atom stereocenters. The van der Waals surface area contributed by atoms with Gasteiger partial charge in [-0.05, 0) is 29.5 Å². The van der Waals surface area contributed by atoms with Gasteiger partial charge in [-0.15, -0.1) is 0 Å². The van der Waals surface area contributed by atoms with Crippen molar-refractivity contribution >= 4 is 22.6 Å². The average Bonchev–Trinajstić information content (AvgIpc) is 2.79. The van der Waals surface area contributed by atoms with Gasteiger partial charge in [-0.25, -0.2) is 14.5 Å². The molecule has 0 aliphatic heterocycles. The fraction of sp³-hybridized carbons (Fsp3) is 0.400. The summed E-state index contributed by atoms with van der Waals surface area (Å²) in [6.07, 6.45) is 2.94. The van der Waals surface area contributed by atoms with Crippen molar-refractivity contribution < 1.29 is 0 Å². The summed E-state index contributed by atoms with van der Waals surface area (Å²) < 4.78 is 4.71. The summed E-state index contributed by atoms with van der Waals surface area (Å²) in [6, 6.07) is 0. The van der Waals surface area contributed by atoms with Gasteiger partial charge >= 0.3 is 5.69 Å². The lowest BCUT2D eigenvalue weighted by Crippen LogP contribution is -2.40. The molecule has 7 nitrogen and oxygen atoms in total. The van der Waals surface area contributed by atoms with Gasteiger partial charge in [0.15, 0.2) is 0 Å². The second-order valence-electron chi connectivity index (χ2n) is 3.75. The fourth-order valence-electron chi connectivity index (χ4n) is 1.64. The zero-order valence-corrected chi connectivity index (χ0v) is 12.2. The number of hydrogen-bond donors (Lipinski definition) is 0. The van der Waals surface area contributed by atoms with Crippen LogP contribution in [-0.2, 0) is 20.1 Å². The number of aromatic nitrogens is 5. The van der Waals surface area contributed by atoms with E-state index in [0.29, 0.717) is 15.9 Å². The first kappa shape index (κ1) is 13.0. The summed E-state index contributed by atoms with van der Waals surface area (Å²) in [6.45, 7) is 2.71. The van der Waals surface area contributed by atoms with Crippen LogP contribution < -0.4 is 11.2 Å². The standard InChI is InChI=1S/C10H12IN5O2/c1-3-16-8(12-6-13-16)5-15-9(17)7(11)4-14(2)10(15)18/h4,6H,3,5H2,1-2H3. The normalized spacial score (nSPS) is 10.8. The van der Waals surface area contributed by atoms with E-state index in [1.54, 1.807) is 11.7 Å². The molecule has 0 spiro atoms. The molecule has 0 N–H and O–H groups in total. The molecule has 0 aromatic carbocycles. The minimum atomic E-state index is -0.355. The Kier molecular flexibility index (Phi) is 3.64. The van der Waals surface area contributed by atoms with Gasteiger partial charge in [0.1, 0.15) is 12.2 Å². The van der Waals surface area contributed by atoms with Crippen LogP contribution in [0.15, 0.2) is 22.1 Å². The lowest BCUT2D eigenvalue weighted by atomic mass is 10.5. The summed E-state index contributed by atoms with van der Waals surface area (Å²) in [5.41, 5.74) is -0.657. The fourth-order valence-corrected chi connectivity index (χ4v) is 2.35. The lowest BCUT2D eigenvalue weighted by molar-refractivity contribution is 0.557. The van der Waals surface area contributed by atoms with Crippen molar-refractivity contribution in [1.29, 1.82) is 0 Å². The van der Waals surface area contributed by atoms with Crippen molar-refractivity contribution in [3.8, 4) is 0 Å². The van der Waals surface area contributed by atoms with E-state index in [9.17, 15) is 9.59 Å². The van der Waals surface area contributed by atoms with E-state index in [4.69, 9.17) is 0 Å². The number of rotatable bonds is 3. The first-order valence-electron chi connectivity index (χ1n) is 5.37. The second-order valence-corrected chi connectivity index (χ2v) is 4.92. The van der Waals surface area contributed by atoms with Crippen LogP contribution in [0.5, 0.6) is 0 Å². The van der Waals surface area contributed by atoms with Gasteiger partial charge in [-0.3, -0.25) is 9.36 Å². The molecule has 2 aromatic rings. The van der Waals surface area contributed by atoms with Crippen molar-refractivity contribution in [1.82, 2.24) is 23.9 Å². The van der Waals surface area contributed by atoms with Crippen LogP contribution in [0.1, 0.15) is 12.7 Å². The molecule has 2 rings (SSSR count). The van der Waals surface area contributed by atoms with Gasteiger partial charge in [-0.1, -0.05) is 0 Å². The highest BCUT2D eigenvalue weighted by Crippen LogP contribution is 1.97. The van der Waals surface area contributed by atoms with E-state index in [1.807, 2.05) is 29.5 Å². The minimum Gasteiger partial charge on any atom is -0.302 e. The molecule has 0 aliphatic rings. The SMILES string of the molecule is CCn1ncnc1Cn1c(=O)c(I)cn(C)c1=O. The first-order valence-corrected chi connectivity index (χ1v) is 6.45. The van der Waals surface area contributed by atoms with E-state index in [2.05, 4.69) is 10.1 Å². The smallest absolute Gasteiger partial charge is 0.302 e. The van der Waals surface area contributed by atoms with Crippen molar-refractivity contribution in [2.75, 3.05) is 0 Å². The summed E-state index contributed by atoms with van der Waals surface area (Å²) in [7, 11) is 1.62. The van der Waals surface area contributed by atoms with Gasteiger partial charge in [-0.2, -0.15) is 5.10 Å². The number of aryl methyl sites for hydroxylation is 2. The van der Waals surface area contributed by atoms with Crippen molar-refractivity contribution in [2.24, 2.45) is 7.05 Å². The molecular formula is C10H12IN5O2. The van der Waals surface area contributed by atoms with Gasteiger partial charge in [0.25, 0.3) is 5.56 Å². The zero-order valence-electron chi connectivity index (χ0n) is 10.00. The van der Waals surface area contributed by atoms with Crippen molar-refractivity contribution in [3.63, 3.8) is 0 Å². The second kappa shape index (κ2) is 5.04. The maximum Gasteiger partial charge on any atom is 0.331 e. The van der Waals surface area contributed by atoms with Crippen molar-refractivity contribution in [3.05, 3.63) is 42.8 Å². The Morgan fingerprint density at radius 3 is 2.78 bits per heavy atom. The van der Waals surface area contributed by atoms with Gasteiger partial charge < -0.3 is 4.57 Å². The molecule has 0 saturated heterocycles. The Balaban J connectivity index is 2.53. The van der Waals surface area contributed by atoms with Gasteiger partial charge in [0.05, 0.1) is 10.1 Å². The molecule has 0 bridgehead atoms. The maximum absolute atomic E-state index is 12.0. The van der Waals surface area contributed by atoms with E-state index in [0.717, 1.165) is 4.57 Å². The van der Waals surface area contributed by atoms with Crippen LogP contribution in [0.2, 0.25) is 0 Å². The van der Waals surface area contributed by atoms with Crippen molar-refractivity contribution in [2.45, 2.75) is 20.0 Å². The summed E-state index contributed by atoms with van der Waals surface area (Å²) >= 11 is 1.92. The molecule has 0 amide bonds. The van der Waals surface area contributed by atoms with Crippen LogP contribution in [0.4, 0.5) is 0 Å². The van der Waals surface area contributed by atoms with Crippen LogP contribution in [0.25, 0.3) is 0 Å². The molecule has 0 unspecified atom stereocenters. The highest BCUT2D eigenvalue weighted by Gasteiger charge is 2.11. The highest BCUT2D eigenvalue weighted by molar-refractivity contribution is 14.1. The molecule has 0 fully saturated rings. The largest absolute Gasteiger partial charge is 0.331 e. The van der Waals surface area contributed by atoms with E-state index in [-0.39, 0.29) is 17.8 Å². The number of halogens is 1. The summed E-state index contributed by atoms with van der Waals surface area (Å²) in [4.78, 5) is 28.0. The van der Waals surface area contributed by atoms with Crippen LogP contribution in [0.3, 0.4) is 0 Å². The van der Waals surface area contributed by atoms with Gasteiger partial charge in [0.2, 0.25) is 0 Å². The van der Waals surface area contributed by atoms with E-state index >= 15 is 0 Å². The average molecular weight is 361 g/mol. The third-order valence-corrected chi connectivity index (χ3v) is 3.32. The molecule has 18 heavy (non-hydrogen) atoms. The monoisotopic (exact) mass is 361 g/mol. The quantitative estimate of drug-likeness (QED) is 0.711. The third kappa shape index (κ3) is 2.24. The lowest BCUT2D eigenvalue weighted by Gasteiger charge is -2.08. The predicted molar refractivity (Wildman–Crippen MR) is 73.5 cm³/mol. The van der Waals surface area contributed by atoms with Crippen LogP contribution in [-0.4, -0.2) is 23.9 Å². The predicted octanol–water partition coefficient (Wildman–Crippen LogP) is -0.189. The Morgan fingerprint density at radius 1 is 1.39 bits per heavy atom.